The molecule has 3 rings (SSSR count). The van der Waals surface area contributed by atoms with Gasteiger partial charge < -0.3 is 10.1 Å². The van der Waals surface area contributed by atoms with E-state index >= 15 is 0 Å². The molecule has 3 aromatic carbocycles. The van der Waals surface area contributed by atoms with E-state index in [-0.39, 0.29) is 6.04 Å². The highest BCUT2D eigenvalue weighted by Crippen LogP contribution is 2.33. The number of para-hydroxylation sites is 1. The lowest BCUT2D eigenvalue weighted by Gasteiger charge is -2.21. The van der Waals surface area contributed by atoms with Crippen molar-refractivity contribution in [2.45, 2.75) is 6.04 Å². The lowest BCUT2D eigenvalue weighted by Crippen LogP contribution is -2.18. The molecule has 106 valence electrons. The molecule has 0 aliphatic carbocycles. The van der Waals surface area contributed by atoms with Crippen molar-refractivity contribution in [3.05, 3.63) is 77.9 Å². The van der Waals surface area contributed by atoms with Crippen LogP contribution in [-0.2, 0) is 0 Å². The zero-order valence-corrected chi connectivity index (χ0v) is 12.3. The highest BCUT2D eigenvalue weighted by atomic mass is 16.5. The normalized spacial score (nSPS) is 12.3. The van der Waals surface area contributed by atoms with E-state index in [0.717, 1.165) is 11.3 Å². The molecule has 0 amide bonds. The summed E-state index contributed by atoms with van der Waals surface area (Å²) in [6, 6.07) is 23.2. The molecule has 0 aromatic heterocycles. The Hall–Kier alpha value is -2.32. The molecular formula is C19H19NO. The molecule has 1 N–H and O–H groups in total. The molecule has 0 saturated carbocycles. The van der Waals surface area contributed by atoms with Crippen LogP contribution in [0.2, 0.25) is 0 Å². The summed E-state index contributed by atoms with van der Waals surface area (Å²) in [4.78, 5) is 0. The standard InChI is InChI=1S/C19H19NO/c1-20-19(17-11-5-6-13-18(17)21-2)16-12-7-9-14-8-3-4-10-15(14)16/h3-13,19-20H,1-2H3. The Morgan fingerprint density at radius 3 is 2.29 bits per heavy atom. The van der Waals surface area contributed by atoms with Gasteiger partial charge in [0, 0.05) is 5.56 Å². The van der Waals surface area contributed by atoms with E-state index in [9.17, 15) is 0 Å². The summed E-state index contributed by atoms with van der Waals surface area (Å²) in [6.45, 7) is 0. The minimum atomic E-state index is 0.104. The molecule has 0 aliphatic heterocycles. The van der Waals surface area contributed by atoms with Crippen molar-refractivity contribution in [1.29, 1.82) is 0 Å². The second-order valence-electron chi connectivity index (χ2n) is 5.03. The summed E-state index contributed by atoms with van der Waals surface area (Å²) in [5.74, 6) is 0.907. The van der Waals surface area contributed by atoms with Crippen LogP contribution in [0.4, 0.5) is 0 Å². The van der Waals surface area contributed by atoms with E-state index in [2.05, 4.69) is 53.8 Å². The minimum Gasteiger partial charge on any atom is -0.496 e. The fourth-order valence-electron chi connectivity index (χ4n) is 2.89. The SMILES string of the molecule is CNC(c1ccccc1OC)c1cccc2ccccc12. The average molecular weight is 277 g/mol. The second kappa shape index (κ2) is 5.98. The van der Waals surface area contributed by atoms with Gasteiger partial charge in [0.05, 0.1) is 13.2 Å². The zero-order chi connectivity index (χ0) is 14.7. The first-order chi connectivity index (χ1) is 10.3. The van der Waals surface area contributed by atoms with Gasteiger partial charge in [-0.3, -0.25) is 0 Å². The van der Waals surface area contributed by atoms with Gasteiger partial charge in [0.15, 0.2) is 0 Å². The van der Waals surface area contributed by atoms with Crippen molar-refractivity contribution in [3.8, 4) is 5.75 Å². The van der Waals surface area contributed by atoms with Crippen LogP contribution >= 0.6 is 0 Å². The summed E-state index contributed by atoms with van der Waals surface area (Å²) in [5, 5.41) is 5.95. The van der Waals surface area contributed by atoms with E-state index in [1.807, 2.05) is 25.2 Å². The smallest absolute Gasteiger partial charge is 0.123 e. The van der Waals surface area contributed by atoms with Crippen molar-refractivity contribution in [2.75, 3.05) is 14.2 Å². The highest BCUT2D eigenvalue weighted by molar-refractivity contribution is 5.86. The molecule has 1 unspecified atom stereocenters. The highest BCUT2D eigenvalue weighted by Gasteiger charge is 2.17. The maximum absolute atomic E-state index is 5.52. The van der Waals surface area contributed by atoms with Crippen molar-refractivity contribution < 1.29 is 4.74 Å². The van der Waals surface area contributed by atoms with Crippen LogP contribution in [0.5, 0.6) is 5.75 Å². The molecule has 0 aliphatic rings. The monoisotopic (exact) mass is 277 g/mol. The fraction of sp³-hybridized carbons (Fsp3) is 0.158. The van der Waals surface area contributed by atoms with Gasteiger partial charge in [-0.2, -0.15) is 0 Å². The predicted molar refractivity (Wildman–Crippen MR) is 87.8 cm³/mol. The van der Waals surface area contributed by atoms with Crippen molar-refractivity contribution >= 4 is 10.8 Å². The largest absolute Gasteiger partial charge is 0.496 e. The lowest BCUT2D eigenvalue weighted by molar-refractivity contribution is 0.405. The Kier molecular flexibility index (Phi) is 3.89. The van der Waals surface area contributed by atoms with Crippen LogP contribution < -0.4 is 10.1 Å². The van der Waals surface area contributed by atoms with E-state index < -0.39 is 0 Å². The number of benzene rings is 3. The third-order valence-corrected chi connectivity index (χ3v) is 3.87. The Morgan fingerprint density at radius 1 is 0.810 bits per heavy atom. The molecule has 2 nitrogen and oxygen atoms in total. The molecule has 0 saturated heterocycles. The molecule has 0 bridgehead atoms. The van der Waals surface area contributed by atoms with Crippen LogP contribution in [0.1, 0.15) is 17.2 Å². The number of nitrogens with one attached hydrogen (secondary N) is 1. The second-order valence-corrected chi connectivity index (χ2v) is 5.03. The topological polar surface area (TPSA) is 21.3 Å². The quantitative estimate of drug-likeness (QED) is 0.773. The van der Waals surface area contributed by atoms with E-state index in [0.29, 0.717) is 0 Å². The molecular weight excluding hydrogens is 258 g/mol. The van der Waals surface area contributed by atoms with Gasteiger partial charge in [-0.25, -0.2) is 0 Å². The Labute approximate surface area is 125 Å². The summed E-state index contributed by atoms with van der Waals surface area (Å²) < 4.78 is 5.52. The van der Waals surface area contributed by atoms with Crippen LogP contribution in [0.3, 0.4) is 0 Å². The lowest BCUT2D eigenvalue weighted by atomic mass is 9.93. The minimum absolute atomic E-state index is 0.104. The van der Waals surface area contributed by atoms with Gasteiger partial charge in [-0.15, -0.1) is 0 Å². The van der Waals surface area contributed by atoms with Gasteiger partial charge in [-0.1, -0.05) is 60.7 Å². The molecule has 0 heterocycles. The molecule has 21 heavy (non-hydrogen) atoms. The van der Waals surface area contributed by atoms with Gasteiger partial charge in [0.1, 0.15) is 5.75 Å². The van der Waals surface area contributed by atoms with Crippen LogP contribution in [0.15, 0.2) is 66.7 Å². The van der Waals surface area contributed by atoms with Gasteiger partial charge >= 0.3 is 0 Å². The fourth-order valence-corrected chi connectivity index (χ4v) is 2.89. The summed E-state index contributed by atoms with van der Waals surface area (Å²) in [5.41, 5.74) is 2.42. The number of fused-ring (bicyclic) bond motifs is 1. The van der Waals surface area contributed by atoms with Gasteiger partial charge in [0.2, 0.25) is 0 Å². The number of methoxy groups -OCH3 is 1. The van der Waals surface area contributed by atoms with Crippen molar-refractivity contribution in [3.63, 3.8) is 0 Å². The van der Waals surface area contributed by atoms with E-state index in [1.54, 1.807) is 7.11 Å². The average Bonchev–Trinajstić information content (AvgIpc) is 2.56. The maximum atomic E-state index is 5.52. The van der Waals surface area contributed by atoms with Crippen molar-refractivity contribution in [2.24, 2.45) is 0 Å². The summed E-state index contributed by atoms with van der Waals surface area (Å²) in [7, 11) is 3.70. The zero-order valence-electron chi connectivity index (χ0n) is 12.3. The number of hydrogen-bond donors (Lipinski definition) is 1. The molecule has 1 atom stereocenters. The molecule has 0 spiro atoms. The third kappa shape index (κ3) is 2.50. The summed E-state index contributed by atoms with van der Waals surface area (Å²) >= 11 is 0. The Balaban J connectivity index is 2.19. The Morgan fingerprint density at radius 2 is 1.48 bits per heavy atom. The van der Waals surface area contributed by atoms with Crippen LogP contribution in [-0.4, -0.2) is 14.2 Å². The first kappa shape index (κ1) is 13.7. The number of rotatable bonds is 4. The van der Waals surface area contributed by atoms with E-state index in [4.69, 9.17) is 4.74 Å². The first-order valence-electron chi connectivity index (χ1n) is 7.13. The van der Waals surface area contributed by atoms with Gasteiger partial charge in [0.25, 0.3) is 0 Å². The number of ether oxygens (including phenoxy) is 1. The summed E-state index contributed by atoms with van der Waals surface area (Å²) in [6.07, 6.45) is 0. The maximum Gasteiger partial charge on any atom is 0.123 e. The molecule has 0 fully saturated rings. The predicted octanol–water partition coefficient (Wildman–Crippen LogP) is 4.16. The first-order valence-corrected chi connectivity index (χ1v) is 7.13. The van der Waals surface area contributed by atoms with Gasteiger partial charge in [-0.05, 0) is 29.4 Å². The third-order valence-electron chi connectivity index (χ3n) is 3.87. The number of hydrogen-bond acceptors (Lipinski definition) is 2. The van der Waals surface area contributed by atoms with Crippen LogP contribution in [0.25, 0.3) is 10.8 Å². The molecule has 2 heteroatoms. The van der Waals surface area contributed by atoms with Crippen molar-refractivity contribution in [1.82, 2.24) is 5.32 Å². The Bertz CT molecular complexity index is 746. The van der Waals surface area contributed by atoms with Crippen LogP contribution in [0, 0.1) is 0 Å². The molecule has 0 radical (unpaired) electrons. The molecule has 3 aromatic rings. The van der Waals surface area contributed by atoms with E-state index in [1.165, 1.54) is 16.3 Å².